The van der Waals surface area contributed by atoms with E-state index in [-0.39, 0.29) is 6.03 Å². The zero-order valence-electron chi connectivity index (χ0n) is 12.0. The van der Waals surface area contributed by atoms with Crippen LogP contribution in [-0.4, -0.2) is 19.7 Å². The summed E-state index contributed by atoms with van der Waals surface area (Å²) in [4.78, 5) is 15.4. The van der Waals surface area contributed by atoms with E-state index in [1.165, 1.54) is 5.56 Å². The first-order valence-corrected chi connectivity index (χ1v) is 7.90. The third-order valence-electron chi connectivity index (χ3n) is 3.64. The standard InChI is InChI=1S/C16H18N2O2S/c1-20-13-6-7-15-12(10-13)4-2-8-18(15)16(19)17-11-14-5-3-9-21-14/h3,5-7,9-10H,2,4,8,11H2,1H3,(H,17,19). The number of aryl methyl sites for hydroxylation is 1. The lowest BCUT2D eigenvalue weighted by Crippen LogP contribution is -2.42. The van der Waals surface area contributed by atoms with E-state index in [1.807, 2.05) is 40.6 Å². The maximum atomic E-state index is 12.4. The Morgan fingerprint density at radius 1 is 1.43 bits per heavy atom. The number of thiophene rings is 1. The van der Waals surface area contributed by atoms with Crippen molar-refractivity contribution >= 4 is 23.1 Å². The molecular formula is C16H18N2O2S. The number of ether oxygens (including phenoxy) is 1. The first-order valence-electron chi connectivity index (χ1n) is 7.02. The molecule has 0 saturated carbocycles. The number of nitrogens with zero attached hydrogens (tertiary/aromatic N) is 1. The summed E-state index contributed by atoms with van der Waals surface area (Å²) in [6.45, 7) is 1.34. The minimum Gasteiger partial charge on any atom is -0.497 e. The molecule has 0 radical (unpaired) electrons. The Balaban J connectivity index is 1.73. The summed E-state index contributed by atoms with van der Waals surface area (Å²) in [5.41, 5.74) is 2.16. The highest BCUT2D eigenvalue weighted by atomic mass is 32.1. The highest BCUT2D eigenvalue weighted by molar-refractivity contribution is 7.09. The van der Waals surface area contributed by atoms with Crippen molar-refractivity contribution in [2.75, 3.05) is 18.6 Å². The van der Waals surface area contributed by atoms with Crippen LogP contribution in [0.3, 0.4) is 0 Å². The molecule has 1 aromatic carbocycles. The van der Waals surface area contributed by atoms with Crippen molar-refractivity contribution in [3.05, 3.63) is 46.2 Å². The van der Waals surface area contributed by atoms with Gasteiger partial charge in [-0.3, -0.25) is 4.90 Å². The van der Waals surface area contributed by atoms with E-state index in [9.17, 15) is 4.79 Å². The quantitative estimate of drug-likeness (QED) is 0.944. The molecule has 0 unspecified atom stereocenters. The Bertz CT molecular complexity index is 625. The van der Waals surface area contributed by atoms with Crippen LogP contribution in [0.4, 0.5) is 10.5 Å². The number of carbonyl (C=O) groups excluding carboxylic acids is 1. The zero-order valence-corrected chi connectivity index (χ0v) is 12.8. The van der Waals surface area contributed by atoms with Gasteiger partial charge in [0.1, 0.15) is 5.75 Å². The number of hydrogen-bond acceptors (Lipinski definition) is 3. The molecular weight excluding hydrogens is 284 g/mol. The average molecular weight is 302 g/mol. The topological polar surface area (TPSA) is 41.6 Å². The third kappa shape index (κ3) is 3.03. The highest BCUT2D eigenvalue weighted by Crippen LogP contribution is 2.30. The van der Waals surface area contributed by atoms with Gasteiger partial charge in [0, 0.05) is 17.1 Å². The fraction of sp³-hybridized carbons (Fsp3) is 0.312. The lowest BCUT2D eigenvalue weighted by Gasteiger charge is -2.29. The number of methoxy groups -OCH3 is 1. The molecule has 2 aromatic rings. The number of benzene rings is 1. The monoisotopic (exact) mass is 302 g/mol. The van der Waals surface area contributed by atoms with Crippen molar-refractivity contribution in [1.29, 1.82) is 0 Å². The summed E-state index contributed by atoms with van der Waals surface area (Å²) in [5, 5.41) is 5.01. The summed E-state index contributed by atoms with van der Waals surface area (Å²) in [6.07, 6.45) is 1.97. The summed E-state index contributed by atoms with van der Waals surface area (Å²) < 4.78 is 5.25. The fourth-order valence-corrected chi connectivity index (χ4v) is 3.23. The number of carbonyl (C=O) groups is 1. The molecule has 110 valence electrons. The minimum absolute atomic E-state index is 0.0329. The van der Waals surface area contributed by atoms with Crippen molar-refractivity contribution in [3.63, 3.8) is 0 Å². The van der Waals surface area contributed by atoms with E-state index in [2.05, 4.69) is 5.32 Å². The molecule has 2 heterocycles. The molecule has 1 N–H and O–H groups in total. The normalized spacial score (nSPS) is 13.7. The first kappa shape index (κ1) is 13.9. The summed E-state index contributed by atoms with van der Waals surface area (Å²) >= 11 is 1.65. The fourth-order valence-electron chi connectivity index (χ4n) is 2.58. The summed E-state index contributed by atoms with van der Waals surface area (Å²) in [6, 6.07) is 9.89. The van der Waals surface area contributed by atoms with E-state index in [1.54, 1.807) is 18.4 Å². The number of rotatable bonds is 3. The number of nitrogens with one attached hydrogen (secondary N) is 1. The molecule has 2 amide bonds. The third-order valence-corrected chi connectivity index (χ3v) is 4.52. The molecule has 5 heteroatoms. The summed E-state index contributed by atoms with van der Waals surface area (Å²) in [5.74, 6) is 0.842. The van der Waals surface area contributed by atoms with Crippen LogP contribution in [-0.2, 0) is 13.0 Å². The molecule has 0 spiro atoms. The molecule has 0 bridgehead atoms. The average Bonchev–Trinajstić information content (AvgIpc) is 3.04. The molecule has 0 atom stereocenters. The number of urea groups is 1. The largest absolute Gasteiger partial charge is 0.497 e. The number of hydrogen-bond donors (Lipinski definition) is 1. The van der Waals surface area contributed by atoms with Crippen LogP contribution in [0.1, 0.15) is 16.9 Å². The molecule has 1 aliphatic rings. The van der Waals surface area contributed by atoms with Gasteiger partial charge in [-0.1, -0.05) is 6.07 Å². The predicted molar refractivity (Wildman–Crippen MR) is 85.2 cm³/mol. The second-order valence-corrected chi connectivity index (χ2v) is 6.02. The van der Waals surface area contributed by atoms with Gasteiger partial charge in [-0.2, -0.15) is 0 Å². The number of amides is 2. The number of anilines is 1. The van der Waals surface area contributed by atoms with Crippen molar-refractivity contribution in [1.82, 2.24) is 5.32 Å². The van der Waals surface area contributed by atoms with Crippen molar-refractivity contribution < 1.29 is 9.53 Å². The molecule has 0 saturated heterocycles. The SMILES string of the molecule is COc1ccc2c(c1)CCCN2C(=O)NCc1cccs1. The summed E-state index contributed by atoms with van der Waals surface area (Å²) in [7, 11) is 1.66. The Kier molecular flexibility index (Phi) is 4.10. The van der Waals surface area contributed by atoms with Gasteiger partial charge in [-0.15, -0.1) is 11.3 Å². The Morgan fingerprint density at radius 2 is 2.33 bits per heavy atom. The maximum absolute atomic E-state index is 12.4. The first-order chi connectivity index (χ1) is 10.3. The van der Waals surface area contributed by atoms with E-state index in [4.69, 9.17) is 4.74 Å². The van der Waals surface area contributed by atoms with Crippen LogP contribution in [0.25, 0.3) is 0 Å². The van der Waals surface area contributed by atoms with Crippen LogP contribution < -0.4 is 15.0 Å². The Hall–Kier alpha value is -2.01. The van der Waals surface area contributed by atoms with E-state index >= 15 is 0 Å². The van der Waals surface area contributed by atoms with Crippen LogP contribution in [0, 0.1) is 0 Å². The molecule has 1 aliphatic heterocycles. The molecule has 4 nitrogen and oxygen atoms in total. The maximum Gasteiger partial charge on any atom is 0.322 e. The minimum atomic E-state index is -0.0329. The van der Waals surface area contributed by atoms with Crippen LogP contribution in [0.5, 0.6) is 5.75 Å². The predicted octanol–water partition coefficient (Wildman–Crippen LogP) is 3.42. The van der Waals surface area contributed by atoms with E-state index in [0.29, 0.717) is 6.54 Å². The van der Waals surface area contributed by atoms with Crippen LogP contribution in [0.15, 0.2) is 35.7 Å². The molecule has 1 aromatic heterocycles. The molecule has 3 rings (SSSR count). The van der Waals surface area contributed by atoms with E-state index < -0.39 is 0 Å². The molecule has 0 aliphatic carbocycles. The van der Waals surface area contributed by atoms with Gasteiger partial charge >= 0.3 is 6.03 Å². The molecule has 21 heavy (non-hydrogen) atoms. The van der Waals surface area contributed by atoms with Crippen molar-refractivity contribution in [3.8, 4) is 5.75 Å². The second kappa shape index (κ2) is 6.18. The van der Waals surface area contributed by atoms with Gasteiger partial charge in [-0.25, -0.2) is 4.79 Å². The van der Waals surface area contributed by atoms with Crippen LogP contribution >= 0.6 is 11.3 Å². The highest BCUT2D eigenvalue weighted by Gasteiger charge is 2.22. The van der Waals surface area contributed by atoms with Crippen molar-refractivity contribution in [2.24, 2.45) is 0 Å². The number of fused-ring (bicyclic) bond motifs is 1. The zero-order chi connectivity index (χ0) is 14.7. The van der Waals surface area contributed by atoms with E-state index in [0.717, 1.165) is 35.7 Å². The lowest BCUT2D eigenvalue weighted by atomic mass is 10.0. The van der Waals surface area contributed by atoms with Gasteiger partial charge in [0.25, 0.3) is 0 Å². The van der Waals surface area contributed by atoms with Crippen molar-refractivity contribution in [2.45, 2.75) is 19.4 Å². The smallest absolute Gasteiger partial charge is 0.322 e. The van der Waals surface area contributed by atoms with Crippen LogP contribution in [0.2, 0.25) is 0 Å². The van der Waals surface area contributed by atoms with Gasteiger partial charge in [0.05, 0.1) is 13.7 Å². The molecule has 0 fully saturated rings. The lowest BCUT2D eigenvalue weighted by molar-refractivity contribution is 0.245. The van der Waals surface area contributed by atoms with Gasteiger partial charge in [0.2, 0.25) is 0 Å². The second-order valence-electron chi connectivity index (χ2n) is 4.99. The van der Waals surface area contributed by atoms with Gasteiger partial charge < -0.3 is 10.1 Å². The Morgan fingerprint density at radius 3 is 3.10 bits per heavy atom. The Labute approximate surface area is 128 Å². The van der Waals surface area contributed by atoms with Gasteiger partial charge in [0.15, 0.2) is 0 Å². The van der Waals surface area contributed by atoms with Gasteiger partial charge in [-0.05, 0) is 48.1 Å².